The fraction of sp³-hybridized carbons (Fsp3) is 0.586. The van der Waals surface area contributed by atoms with Crippen LogP contribution in [0.3, 0.4) is 0 Å². The van der Waals surface area contributed by atoms with Crippen molar-refractivity contribution in [3.05, 3.63) is 51.4 Å². The zero-order valence-electron chi connectivity index (χ0n) is 20.8. The molecular weight excluding hydrogens is 460 g/mol. The van der Waals surface area contributed by atoms with Crippen LogP contribution in [-0.2, 0) is 11.2 Å². The molecule has 0 spiro atoms. The number of aliphatic imine (C=N–C) groups is 1. The van der Waals surface area contributed by atoms with Crippen LogP contribution in [0, 0.1) is 0 Å². The molecule has 1 aromatic carbocycles. The third kappa shape index (κ3) is 8.85. The Kier molecular flexibility index (Phi) is 12.2. The Hall–Kier alpha value is -1.65. The van der Waals surface area contributed by atoms with Crippen molar-refractivity contribution in [3.63, 3.8) is 0 Å². The zero-order chi connectivity index (χ0) is 24.0. The molecule has 34 heavy (non-hydrogen) atoms. The lowest BCUT2D eigenvalue weighted by molar-refractivity contribution is -0.114. The molecule has 1 N–H and O–H groups in total. The number of carbonyl (C=O) groups excluding carboxylic acids is 1. The molecule has 5 heteroatoms. The summed E-state index contributed by atoms with van der Waals surface area (Å²) in [5, 5.41) is 4.61. The molecule has 0 saturated heterocycles. The van der Waals surface area contributed by atoms with Crippen molar-refractivity contribution in [2.24, 2.45) is 4.99 Å². The Bertz CT molecular complexity index is 921. The summed E-state index contributed by atoms with van der Waals surface area (Å²) >= 11 is 8.13. The van der Waals surface area contributed by atoms with Crippen molar-refractivity contribution < 1.29 is 4.79 Å². The number of carbonyl (C=O) groups is 1. The van der Waals surface area contributed by atoms with E-state index >= 15 is 0 Å². The summed E-state index contributed by atoms with van der Waals surface area (Å²) in [5.74, 6) is -0.0619. The number of benzene rings is 1. The van der Waals surface area contributed by atoms with Crippen molar-refractivity contribution >= 4 is 39.6 Å². The zero-order valence-corrected chi connectivity index (χ0v) is 22.4. The van der Waals surface area contributed by atoms with E-state index < -0.39 is 0 Å². The van der Waals surface area contributed by atoms with Gasteiger partial charge in [0.05, 0.1) is 5.71 Å². The molecule has 0 fully saturated rings. The molecule has 0 radical (unpaired) electrons. The average molecular weight is 501 g/mol. The van der Waals surface area contributed by atoms with E-state index in [9.17, 15) is 4.79 Å². The first kappa shape index (κ1) is 26.9. The summed E-state index contributed by atoms with van der Waals surface area (Å²) in [5.41, 5.74) is 2.72. The maximum absolute atomic E-state index is 12.2. The second kappa shape index (κ2) is 15.4. The van der Waals surface area contributed by atoms with Crippen LogP contribution >= 0.6 is 22.9 Å². The Balaban J connectivity index is 1.35. The molecule has 1 aromatic heterocycles. The van der Waals surface area contributed by atoms with Crippen LogP contribution < -0.4 is 5.32 Å². The number of unbranched alkanes of at least 4 members (excludes halogenated alkanes) is 13. The average Bonchev–Trinajstić information content (AvgIpc) is 3.15. The summed E-state index contributed by atoms with van der Waals surface area (Å²) in [4.78, 5) is 18.1. The molecular formula is C29H41ClN2OS. The number of amides is 1. The highest BCUT2D eigenvalue weighted by Crippen LogP contribution is 2.34. The van der Waals surface area contributed by atoms with E-state index in [1.165, 1.54) is 94.8 Å². The van der Waals surface area contributed by atoms with Crippen molar-refractivity contribution in [1.29, 1.82) is 0 Å². The second-order valence-electron chi connectivity index (χ2n) is 9.49. The molecule has 2 heterocycles. The van der Waals surface area contributed by atoms with Gasteiger partial charge in [-0.05, 0) is 25.0 Å². The Morgan fingerprint density at radius 2 is 1.44 bits per heavy atom. The van der Waals surface area contributed by atoms with Crippen LogP contribution in [0.15, 0.2) is 35.3 Å². The largest absolute Gasteiger partial charge is 0.316 e. The lowest BCUT2D eigenvalue weighted by atomic mass is 10.0. The standard InChI is InChI=1S/C29H41ClN2OS/c1-2-3-4-5-6-7-8-9-10-11-12-13-14-15-18-23-21-25-28(24-19-16-17-20-26(24)30)31-22-27(33)32-29(25)34-23/h16-17,19-21H,2-15,18,22H2,1H3,(H,32,33). The van der Waals surface area contributed by atoms with Crippen LogP contribution in [0.4, 0.5) is 5.00 Å². The summed E-state index contributed by atoms with van der Waals surface area (Å²) in [7, 11) is 0. The predicted octanol–water partition coefficient (Wildman–Crippen LogP) is 9.21. The maximum atomic E-state index is 12.2. The van der Waals surface area contributed by atoms with E-state index in [2.05, 4.69) is 23.3 Å². The van der Waals surface area contributed by atoms with E-state index in [0.29, 0.717) is 5.02 Å². The first-order valence-electron chi connectivity index (χ1n) is 13.4. The monoisotopic (exact) mass is 500 g/mol. The number of halogens is 1. The number of fused-ring (bicyclic) bond motifs is 1. The quantitative estimate of drug-likeness (QED) is 0.229. The van der Waals surface area contributed by atoms with Gasteiger partial charge in [0.1, 0.15) is 11.5 Å². The smallest absolute Gasteiger partial charge is 0.246 e. The van der Waals surface area contributed by atoms with Crippen LogP contribution in [0.2, 0.25) is 5.02 Å². The molecule has 0 unspecified atom stereocenters. The normalized spacial score (nSPS) is 13.4. The molecule has 1 aliphatic rings. The highest BCUT2D eigenvalue weighted by Gasteiger charge is 2.22. The predicted molar refractivity (Wildman–Crippen MR) is 149 cm³/mol. The molecule has 3 rings (SSSR count). The van der Waals surface area contributed by atoms with Gasteiger partial charge in [-0.1, -0.05) is 120 Å². The number of aryl methyl sites for hydroxylation is 1. The minimum absolute atomic E-state index is 0.0619. The fourth-order valence-electron chi connectivity index (χ4n) is 4.61. The summed E-state index contributed by atoms with van der Waals surface area (Å²) in [6.07, 6.45) is 20.3. The lowest BCUT2D eigenvalue weighted by Gasteiger charge is -2.07. The SMILES string of the molecule is CCCCCCCCCCCCCCCCc1cc2c(s1)NC(=O)CN=C2c1ccccc1Cl. The van der Waals surface area contributed by atoms with Crippen molar-refractivity contribution in [2.75, 3.05) is 11.9 Å². The molecule has 186 valence electrons. The van der Waals surface area contributed by atoms with Gasteiger partial charge in [-0.2, -0.15) is 0 Å². The van der Waals surface area contributed by atoms with Crippen LogP contribution in [0.5, 0.6) is 0 Å². The highest BCUT2D eigenvalue weighted by molar-refractivity contribution is 7.16. The number of hydrogen-bond acceptors (Lipinski definition) is 3. The third-order valence-electron chi connectivity index (χ3n) is 6.58. The molecule has 0 atom stereocenters. The van der Waals surface area contributed by atoms with E-state index in [0.717, 1.165) is 28.3 Å². The molecule has 1 amide bonds. The Morgan fingerprint density at radius 3 is 2.06 bits per heavy atom. The Labute approximate surface area is 215 Å². The van der Waals surface area contributed by atoms with Gasteiger partial charge in [-0.15, -0.1) is 11.3 Å². The molecule has 1 aliphatic heterocycles. The minimum Gasteiger partial charge on any atom is -0.316 e. The van der Waals surface area contributed by atoms with Gasteiger partial charge in [-0.25, -0.2) is 0 Å². The van der Waals surface area contributed by atoms with Gasteiger partial charge < -0.3 is 5.32 Å². The van der Waals surface area contributed by atoms with E-state index in [1.54, 1.807) is 11.3 Å². The van der Waals surface area contributed by atoms with Gasteiger partial charge in [0.15, 0.2) is 0 Å². The molecule has 0 bridgehead atoms. The molecule has 0 aliphatic carbocycles. The van der Waals surface area contributed by atoms with Crippen molar-refractivity contribution in [2.45, 2.75) is 103 Å². The van der Waals surface area contributed by atoms with E-state index in [-0.39, 0.29) is 12.5 Å². The minimum atomic E-state index is -0.0619. The number of thiophene rings is 1. The number of nitrogens with zero attached hydrogens (tertiary/aromatic N) is 1. The molecule has 3 nitrogen and oxygen atoms in total. The van der Waals surface area contributed by atoms with E-state index in [4.69, 9.17) is 11.6 Å². The molecule has 2 aromatic rings. The van der Waals surface area contributed by atoms with Gasteiger partial charge in [0.25, 0.3) is 0 Å². The number of hydrogen-bond donors (Lipinski definition) is 1. The van der Waals surface area contributed by atoms with Crippen molar-refractivity contribution in [3.8, 4) is 0 Å². The molecule has 0 saturated carbocycles. The van der Waals surface area contributed by atoms with Crippen LogP contribution in [0.1, 0.15) is 113 Å². The first-order valence-corrected chi connectivity index (χ1v) is 14.6. The van der Waals surface area contributed by atoms with Gasteiger partial charge >= 0.3 is 0 Å². The first-order chi connectivity index (χ1) is 16.7. The number of nitrogens with one attached hydrogen (secondary N) is 1. The Morgan fingerprint density at radius 1 is 0.853 bits per heavy atom. The second-order valence-corrected chi connectivity index (χ2v) is 11.0. The lowest BCUT2D eigenvalue weighted by Crippen LogP contribution is -2.12. The topological polar surface area (TPSA) is 41.5 Å². The summed E-state index contributed by atoms with van der Waals surface area (Å²) in [6, 6.07) is 9.94. The van der Waals surface area contributed by atoms with Crippen molar-refractivity contribution in [1.82, 2.24) is 0 Å². The summed E-state index contributed by atoms with van der Waals surface area (Å²) < 4.78 is 0. The summed E-state index contributed by atoms with van der Waals surface area (Å²) in [6.45, 7) is 2.42. The van der Waals surface area contributed by atoms with Gasteiger partial charge in [0, 0.05) is 21.0 Å². The highest BCUT2D eigenvalue weighted by atomic mass is 35.5. The van der Waals surface area contributed by atoms with Gasteiger partial charge in [-0.3, -0.25) is 9.79 Å². The van der Waals surface area contributed by atoms with E-state index in [1.807, 2.05) is 24.3 Å². The van der Waals surface area contributed by atoms with Gasteiger partial charge in [0.2, 0.25) is 5.91 Å². The maximum Gasteiger partial charge on any atom is 0.246 e. The fourth-order valence-corrected chi connectivity index (χ4v) is 5.95. The number of rotatable bonds is 16. The van der Waals surface area contributed by atoms with Crippen LogP contribution in [-0.4, -0.2) is 18.2 Å². The third-order valence-corrected chi connectivity index (χ3v) is 8.02. The number of anilines is 1. The van der Waals surface area contributed by atoms with Crippen LogP contribution in [0.25, 0.3) is 0 Å².